The molecule has 11 nitrogen and oxygen atoms in total. The number of carbonyl (C=O) groups excluding carboxylic acids is 2. The third kappa shape index (κ3) is 3.64. The van der Waals surface area contributed by atoms with E-state index in [1.807, 2.05) is 0 Å². The third-order valence-electron chi connectivity index (χ3n) is 5.23. The molecule has 5 aromatic rings. The van der Waals surface area contributed by atoms with Gasteiger partial charge in [0.1, 0.15) is 17.2 Å². The van der Waals surface area contributed by atoms with Crippen LogP contribution >= 0.6 is 0 Å². The number of amides is 2. The lowest BCUT2D eigenvalue weighted by atomic mass is 10.1. The number of hydrogen-bond donors (Lipinski definition) is 2. The molecule has 5 rings (SSSR count). The number of anilines is 1. The van der Waals surface area contributed by atoms with Crippen molar-refractivity contribution in [2.75, 3.05) is 12.4 Å². The highest BCUT2D eigenvalue weighted by Gasteiger charge is 2.17. The summed E-state index contributed by atoms with van der Waals surface area (Å²) in [5.41, 5.74) is 7.03. The van der Waals surface area contributed by atoms with Gasteiger partial charge in [-0.15, -0.1) is 0 Å². The number of fused-ring (bicyclic) bond motifs is 2. The predicted octanol–water partition coefficient (Wildman–Crippen LogP) is 3.26. The molecular weight excluding hydrogens is 440 g/mol. The lowest BCUT2D eigenvalue weighted by molar-refractivity contribution is 0.0983. The molecule has 0 aliphatic rings. The number of nitrogens with zero attached hydrogens (tertiary/aromatic N) is 4. The molecule has 2 amide bonds. The molecule has 3 N–H and O–H groups in total. The monoisotopic (exact) mass is 458 g/mol. The molecule has 0 spiro atoms. The molecule has 3 heterocycles. The molecule has 0 atom stereocenters. The Kier molecular flexibility index (Phi) is 5.05. The van der Waals surface area contributed by atoms with E-state index >= 15 is 0 Å². The van der Waals surface area contributed by atoms with E-state index in [2.05, 4.69) is 20.6 Å². The average molecular weight is 458 g/mol. The molecule has 0 radical (unpaired) electrons. The molecular formula is C23H18N6O5. The topological polar surface area (TPSA) is 147 Å². The Morgan fingerprint density at radius 2 is 1.91 bits per heavy atom. The van der Waals surface area contributed by atoms with Crippen LogP contribution in [0.25, 0.3) is 21.8 Å². The molecule has 0 bridgehead atoms. The van der Waals surface area contributed by atoms with Crippen LogP contribution < -0.4 is 20.5 Å². The van der Waals surface area contributed by atoms with Gasteiger partial charge in [-0.1, -0.05) is 5.16 Å². The standard InChI is InChI=1S/C23H18N6O5/c1-29-17-9-12(3-4-13(17)22(28-29)27-23(31)19-6-8-26-34-19)33-18-5-7-25-16-11-20(32-2)15(21(24)30)10-14(16)18/h3-11H,1-2H3,(H2,24,30)(H,27,28,31). The number of aromatic nitrogens is 4. The molecule has 2 aromatic carbocycles. The van der Waals surface area contributed by atoms with Crippen LogP contribution in [-0.4, -0.2) is 38.8 Å². The fourth-order valence-electron chi connectivity index (χ4n) is 3.62. The summed E-state index contributed by atoms with van der Waals surface area (Å²) in [5, 5.41) is 11.9. The fraction of sp³-hybridized carbons (Fsp3) is 0.0870. The van der Waals surface area contributed by atoms with Crippen LogP contribution in [0.15, 0.2) is 59.4 Å². The van der Waals surface area contributed by atoms with Crippen LogP contribution in [0.4, 0.5) is 5.82 Å². The highest BCUT2D eigenvalue weighted by atomic mass is 16.5. The summed E-state index contributed by atoms with van der Waals surface area (Å²) in [6.07, 6.45) is 2.99. The van der Waals surface area contributed by atoms with Crippen molar-refractivity contribution in [2.24, 2.45) is 12.8 Å². The zero-order chi connectivity index (χ0) is 23.8. The van der Waals surface area contributed by atoms with Gasteiger partial charge in [-0.3, -0.25) is 19.3 Å². The third-order valence-corrected chi connectivity index (χ3v) is 5.23. The summed E-state index contributed by atoms with van der Waals surface area (Å²) in [6.45, 7) is 0. The van der Waals surface area contributed by atoms with Gasteiger partial charge < -0.3 is 25.0 Å². The zero-order valence-corrected chi connectivity index (χ0v) is 18.1. The van der Waals surface area contributed by atoms with E-state index in [-0.39, 0.29) is 11.3 Å². The number of rotatable bonds is 6. The summed E-state index contributed by atoms with van der Waals surface area (Å²) in [7, 11) is 3.21. The van der Waals surface area contributed by atoms with Gasteiger partial charge in [0.05, 0.1) is 29.9 Å². The van der Waals surface area contributed by atoms with Crippen molar-refractivity contribution in [3.05, 3.63) is 66.2 Å². The van der Waals surface area contributed by atoms with Gasteiger partial charge in [0.2, 0.25) is 5.76 Å². The number of methoxy groups -OCH3 is 1. The Bertz CT molecular complexity index is 1560. The van der Waals surface area contributed by atoms with Gasteiger partial charge in [0, 0.05) is 42.2 Å². The van der Waals surface area contributed by atoms with Crippen LogP contribution in [-0.2, 0) is 7.05 Å². The van der Waals surface area contributed by atoms with Crippen LogP contribution in [0.3, 0.4) is 0 Å². The molecule has 3 aromatic heterocycles. The minimum Gasteiger partial charge on any atom is -0.496 e. The first-order valence-corrected chi connectivity index (χ1v) is 10.1. The van der Waals surface area contributed by atoms with E-state index < -0.39 is 11.8 Å². The van der Waals surface area contributed by atoms with Crippen molar-refractivity contribution in [2.45, 2.75) is 0 Å². The Morgan fingerprint density at radius 3 is 2.65 bits per heavy atom. The number of nitrogens with one attached hydrogen (secondary N) is 1. The highest BCUT2D eigenvalue weighted by Crippen LogP contribution is 2.35. The maximum absolute atomic E-state index is 12.3. The second-order valence-corrected chi connectivity index (χ2v) is 7.33. The van der Waals surface area contributed by atoms with E-state index in [0.717, 1.165) is 5.52 Å². The van der Waals surface area contributed by atoms with Crippen molar-refractivity contribution < 1.29 is 23.6 Å². The molecule has 34 heavy (non-hydrogen) atoms. The molecule has 0 saturated carbocycles. The predicted molar refractivity (Wildman–Crippen MR) is 122 cm³/mol. The van der Waals surface area contributed by atoms with Crippen molar-refractivity contribution >= 4 is 39.4 Å². The van der Waals surface area contributed by atoms with Gasteiger partial charge in [-0.05, 0) is 24.3 Å². The van der Waals surface area contributed by atoms with Gasteiger partial charge in [0.25, 0.3) is 11.8 Å². The largest absolute Gasteiger partial charge is 0.496 e. The van der Waals surface area contributed by atoms with Crippen molar-refractivity contribution in [1.82, 2.24) is 19.9 Å². The summed E-state index contributed by atoms with van der Waals surface area (Å²) in [6, 6.07) is 11.7. The summed E-state index contributed by atoms with van der Waals surface area (Å²) >= 11 is 0. The van der Waals surface area contributed by atoms with Gasteiger partial charge in [0.15, 0.2) is 5.82 Å². The minimum absolute atomic E-state index is 0.0790. The second kappa shape index (κ2) is 8.20. The Labute approximate surface area is 192 Å². The number of pyridine rings is 1. The SMILES string of the molecule is COc1cc2nccc(Oc3ccc4c(NC(=O)c5ccno5)nn(C)c4c3)c2cc1C(N)=O. The van der Waals surface area contributed by atoms with E-state index in [1.54, 1.807) is 54.3 Å². The average Bonchev–Trinajstić information content (AvgIpc) is 3.47. The normalized spacial score (nSPS) is 11.0. The number of ether oxygens (including phenoxy) is 2. The first-order chi connectivity index (χ1) is 16.4. The quantitative estimate of drug-likeness (QED) is 0.394. The molecule has 0 fully saturated rings. The number of nitrogens with two attached hydrogens (primary N) is 1. The van der Waals surface area contributed by atoms with E-state index in [9.17, 15) is 9.59 Å². The van der Waals surface area contributed by atoms with Crippen LogP contribution in [0, 0.1) is 0 Å². The molecule has 0 aliphatic carbocycles. The Balaban J connectivity index is 1.50. The maximum atomic E-state index is 12.3. The summed E-state index contributed by atoms with van der Waals surface area (Å²) < 4.78 is 17.9. The number of aryl methyl sites for hydroxylation is 1. The number of benzene rings is 2. The smallest absolute Gasteiger partial charge is 0.295 e. The molecule has 11 heteroatoms. The summed E-state index contributed by atoms with van der Waals surface area (Å²) in [4.78, 5) is 28.5. The molecule has 0 saturated heterocycles. The van der Waals surface area contributed by atoms with Gasteiger partial charge in [-0.2, -0.15) is 5.10 Å². The first-order valence-electron chi connectivity index (χ1n) is 10.1. The minimum atomic E-state index is -0.621. The molecule has 0 aliphatic heterocycles. The van der Waals surface area contributed by atoms with Crippen molar-refractivity contribution in [1.29, 1.82) is 0 Å². The first kappa shape index (κ1) is 20.9. The van der Waals surface area contributed by atoms with E-state index in [4.69, 9.17) is 19.7 Å². The van der Waals surface area contributed by atoms with Gasteiger partial charge >= 0.3 is 0 Å². The molecule has 0 unspecified atom stereocenters. The summed E-state index contributed by atoms with van der Waals surface area (Å²) in [5.74, 6) is 0.712. The van der Waals surface area contributed by atoms with Crippen LogP contribution in [0.2, 0.25) is 0 Å². The van der Waals surface area contributed by atoms with E-state index in [0.29, 0.717) is 39.4 Å². The van der Waals surface area contributed by atoms with Crippen LogP contribution in [0.1, 0.15) is 20.9 Å². The zero-order valence-electron chi connectivity index (χ0n) is 18.1. The Hall–Kier alpha value is -4.93. The maximum Gasteiger partial charge on any atom is 0.295 e. The number of carbonyl (C=O) groups is 2. The second-order valence-electron chi connectivity index (χ2n) is 7.33. The van der Waals surface area contributed by atoms with E-state index in [1.165, 1.54) is 19.4 Å². The lowest BCUT2D eigenvalue weighted by Crippen LogP contribution is -2.12. The van der Waals surface area contributed by atoms with Crippen molar-refractivity contribution in [3.63, 3.8) is 0 Å². The molecule has 170 valence electrons. The lowest BCUT2D eigenvalue weighted by Gasteiger charge is -2.12. The van der Waals surface area contributed by atoms with Crippen molar-refractivity contribution in [3.8, 4) is 17.2 Å². The van der Waals surface area contributed by atoms with Crippen LogP contribution in [0.5, 0.6) is 17.2 Å². The number of primary amides is 1. The number of hydrogen-bond acceptors (Lipinski definition) is 8. The Morgan fingerprint density at radius 1 is 1.06 bits per heavy atom. The fourth-order valence-corrected chi connectivity index (χ4v) is 3.62. The highest BCUT2D eigenvalue weighted by molar-refractivity contribution is 6.06. The van der Waals surface area contributed by atoms with Gasteiger partial charge in [-0.25, -0.2) is 0 Å².